The van der Waals surface area contributed by atoms with E-state index < -0.39 is 0 Å². The number of hydrogen-bond donors (Lipinski definition) is 0. The number of rotatable bonds is 4. The van der Waals surface area contributed by atoms with Crippen molar-refractivity contribution in [1.29, 1.82) is 0 Å². The number of aromatic nitrogens is 1. The smallest absolute Gasteiger partial charge is 0.222 e. The Balaban J connectivity index is 2.32. The Morgan fingerprint density at radius 2 is 1.80 bits per heavy atom. The summed E-state index contributed by atoms with van der Waals surface area (Å²) in [6, 6.07) is 5.63. The Bertz CT molecular complexity index is 635. The summed E-state index contributed by atoms with van der Waals surface area (Å²) in [5.74, 6) is 2.38. The van der Waals surface area contributed by atoms with Gasteiger partial charge in [-0.25, -0.2) is 4.98 Å². The number of benzene rings is 1. The van der Waals surface area contributed by atoms with E-state index in [-0.39, 0.29) is 0 Å². The highest BCUT2D eigenvalue weighted by Gasteiger charge is 2.11. The second-order valence-electron chi connectivity index (χ2n) is 4.12. The van der Waals surface area contributed by atoms with Gasteiger partial charge in [0.1, 0.15) is 11.5 Å². The SMILES string of the molecule is COc1cc(Br)c(Oc2ncc(CCl)cc2C)cc1Br. The second kappa shape index (κ2) is 6.78. The maximum Gasteiger partial charge on any atom is 0.222 e. The molecule has 1 heterocycles. The van der Waals surface area contributed by atoms with Gasteiger partial charge in [-0.15, -0.1) is 11.6 Å². The van der Waals surface area contributed by atoms with Gasteiger partial charge in [-0.2, -0.15) is 0 Å². The molecule has 0 amide bonds. The number of alkyl halides is 1. The molecule has 106 valence electrons. The van der Waals surface area contributed by atoms with E-state index >= 15 is 0 Å². The highest BCUT2D eigenvalue weighted by Crippen LogP contribution is 2.38. The fourth-order valence-electron chi connectivity index (χ4n) is 1.65. The van der Waals surface area contributed by atoms with Gasteiger partial charge in [0.25, 0.3) is 0 Å². The minimum Gasteiger partial charge on any atom is -0.496 e. The van der Waals surface area contributed by atoms with E-state index in [1.807, 2.05) is 25.1 Å². The molecule has 0 fully saturated rings. The molecule has 0 aliphatic heterocycles. The lowest BCUT2D eigenvalue weighted by atomic mass is 10.2. The Morgan fingerprint density at radius 1 is 1.15 bits per heavy atom. The number of ether oxygens (including phenoxy) is 2. The summed E-state index contributed by atoms with van der Waals surface area (Å²) in [6.45, 7) is 1.94. The van der Waals surface area contributed by atoms with Gasteiger partial charge in [-0.05, 0) is 62.5 Å². The molecule has 2 aromatic rings. The van der Waals surface area contributed by atoms with Gasteiger partial charge >= 0.3 is 0 Å². The summed E-state index contributed by atoms with van der Waals surface area (Å²) in [5, 5.41) is 0. The normalized spacial score (nSPS) is 10.4. The van der Waals surface area contributed by atoms with Gasteiger partial charge in [-0.3, -0.25) is 0 Å². The van der Waals surface area contributed by atoms with Crippen LogP contribution in [0.3, 0.4) is 0 Å². The summed E-state index contributed by atoms with van der Waals surface area (Å²) >= 11 is 12.7. The van der Waals surface area contributed by atoms with Crippen LogP contribution in [0.1, 0.15) is 11.1 Å². The van der Waals surface area contributed by atoms with Crippen LogP contribution in [-0.2, 0) is 5.88 Å². The van der Waals surface area contributed by atoms with Gasteiger partial charge < -0.3 is 9.47 Å². The summed E-state index contributed by atoms with van der Waals surface area (Å²) in [5.41, 5.74) is 1.90. The minimum absolute atomic E-state index is 0.436. The number of nitrogens with zero attached hydrogens (tertiary/aromatic N) is 1. The van der Waals surface area contributed by atoms with Crippen LogP contribution in [0.4, 0.5) is 0 Å². The van der Waals surface area contributed by atoms with Crippen LogP contribution in [0.25, 0.3) is 0 Å². The monoisotopic (exact) mass is 419 g/mol. The van der Waals surface area contributed by atoms with Gasteiger partial charge in [0, 0.05) is 17.6 Å². The average Bonchev–Trinajstić information content (AvgIpc) is 2.44. The first-order chi connectivity index (χ1) is 9.55. The molecule has 3 nitrogen and oxygen atoms in total. The molecule has 6 heteroatoms. The molecule has 0 spiro atoms. The zero-order valence-corrected chi connectivity index (χ0v) is 14.8. The summed E-state index contributed by atoms with van der Waals surface area (Å²) in [6.07, 6.45) is 1.71. The number of aryl methyl sites for hydroxylation is 1. The average molecular weight is 422 g/mol. The van der Waals surface area contributed by atoms with Crippen molar-refractivity contribution >= 4 is 43.5 Å². The van der Waals surface area contributed by atoms with Crippen molar-refractivity contribution in [3.8, 4) is 17.4 Å². The predicted octanol–water partition coefficient (Wildman–Crippen LogP) is 5.45. The van der Waals surface area contributed by atoms with Crippen LogP contribution < -0.4 is 9.47 Å². The van der Waals surface area contributed by atoms with Crippen LogP contribution in [-0.4, -0.2) is 12.1 Å². The topological polar surface area (TPSA) is 31.4 Å². The van der Waals surface area contributed by atoms with Crippen LogP contribution in [0.5, 0.6) is 17.4 Å². The first-order valence-corrected chi connectivity index (χ1v) is 7.89. The zero-order valence-electron chi connectivity index (χ0n) is 10.9. The van der Waals surface area contributed by atoms with Crippen molar-refractivity contribution < 1.29 is 9.47 Å². The predicted molar refractivity (Wildman–Crippen MR) is 87.0 cm³/mol. The molecular formula is C14H12Br2ClNO2. The number of methoxy groups -OCH3 is 1. The van der Waals surface area contributed by atoms with E-state index in [0.717, 1.165) is 25.8 Å². The largest absolute Gasteiger partial charge is 0.496 e. The first-order valence-electron chi connectivity index (χ1n) is 5.77. The molecule has 1 aromatic heterocycles. The Hall–Kier alpha value is -0.780. The minimum atomic E-state index is 0.436. The van der Waals surface area contributed by atoms with Gasteiger partial charge in [0.15, 0.2) is 0 Å². The van der Waals surface area contributed by atoms with E-state index in [1.165, 1.54) is 0 Å². The quantitative estimate of drug-likeness (QED) is 0.615. The van der Waals surface area contributed by atoms with Crippen LogP contribution in [0.15, 0.2) is 33.3 Å². The summed E-state index contributed by atoms with van der Waals surface area (Å²) < 4.78 is 12.7. The lowest BCUT2D eigenvalue weighted by molar-refractivity contribution is 0.408. The molecule has 0 N–H and O–H groups in total. The lowest BCUT2D eigenvalue weighted by Crippen LogP contribution is -1.94. The first kappa shape index (κ1) is 15.6. The Kier molecular flexibility index (Phi) is 5.29. The molecule has 0 aliphatic rings. The standard InChI is InChI=1S/C14H12Br2ClNO2/c1-8-3-9(6-17)7-18-14(8)20-13-5-10(15)12(19-2)4-11(13)16/h3-5,7H,6H2,1-2H3. The van der Waals surface area contributed by atoms with E-state index in [1.54, 1.807) is 13.3 Å². The highest BCUT2D eigenvalue weighted by molar-refractivity contribution is 9.11. The van der Waals surface area contributed by atoms with Crippen molar-refractivity contribution in [3.05, 3.63) is 44.5 Å². The number of pyridine rings is 1. The molecule has 0 radical (unpaired) electrons. The summed E-state index contributed by atoms with van der Waals surface area (Å²) in [4.78, 5) is 4.28. The Labute approximate surface area is 139 Å². The zero-order chi connectivity index (χ0) is 14.7. The van der Waals surface area contributed by atoms with E-state index in [4.69, 9.17) is 21.1 Å². The van der Waals surface area contributed by atoms with Gasteiger partial charge in [-0.1, -0.05) is 0 Å². The summed E-state index contributed by atoms with van der Waals surface area (Å²) in [7, 11) is 1.61. The molecule has 0 aliphatic carbocycles. The molecule has 0 bridgehead atoms. The highest BCUT2D eigenvalue weighted by atomic mass is 79.9. The van der Waals surface area contributed by atoms with Crippen molar-refractivity contribution in [2.75, 3.05) is 7.11 Å². The lowest BCUT2D eigenvalue weighted by Gasteiger charge is -2.12. The van der Waals surface area contributed by atoms with Crippen molar-refractivity contribution in [3.63, 3.8) is 0 Å². The third kappa shape index (κ3) is 3.45. The second-order valence-corrected chi connectivity index (χ2v) is 6.09. The molecule has 0 atom stereocenters. The van der Waals surface area contributed by atoms with Crippen molar-refractivity contribution in [2.45, 2.75) is 12.8 Å². The van der Waals surface area contributed by atoms with Crippen LogP contribution in [0.2, 0.25) is 0 Å². The fraction of sp³-hybridized carbons (Fsp3) is 0.214. The maximum atomic E-state index is 5.83. The molecule has 0 saturated heterocycles. The van der Waals surface area contributed by atoms with Crippen LogP contribution >= 0.6 is 43.5 Å². The van der Waals surface area contributed by atoms with Crippen molar-refractivity contribution in [1.82, 2.24) is 4.98 Å². The third-order valence-electron chi connectivity index (χ3n) is 2.65. The third-order valence-corrected chi connectivity index (χ3v) is 4.20. The fourth-order valence-corrected chi connectivity index (χ4v) is 2.68. The van der Waals surface area contributed by atoms with E-state index in [9.17, 15) is 0 Å². The molecule has 0 unspecified atom stereocenters. The van der Waals surface area contributed by atoms with E-state index in [2.05, 4.69) is 36.8 Å². The van der Waals surface area contributed by atoms with Crippen molar-refractivity contribution in [2.24, 2.45) is 0 Å². The maximum absolute atomic E-state index is 5.83. The van der Waals surface area contributed by atoms with Gasteiger partial charge in [0.2, 0.25) is 5.88 Å². The molecule has 1 aromatic carbocycles. The van der Waals surface area contributed by atoms with Gasteiger partial charge in [0.05, 0.1) is 16.1 Å². The molecule has 0 saturated carbocycles. The van der Waals surface area contributed by atoms with Crippen LogP contribution in [0, 0.1) is 6.92 Å². The Morgan fingerprint density at radius 3 is 2.40 bits per heavy atom. The molecule has 2 rings (SSSR count). The molecule has 20 heavy (non-hydrogen) atoms. The number of halogens is 3. The van der Waals surface area contributed by atoms with E-state index in [0.29, 0.717) is 17.5 Å². The number of hydrogen-bond acceptors (Lipinski definition) is 3. The molecular weight excluding hydrogens is 409 g/mol.